The topological polar surface area (TPSA) is 0 Å². The van der Waals surface area contributed by atoms with Gasteiger partial charge in [-0.1, -0.05) is 131 Å². The van der Waals surface area contributed by atoms with Crippen LogP contribution in [0.1, 0.15) is 54.1 Å². The summed E-state index contributed by atoms with van der Waals surface area (Å²) in [5.74, 6) is 0. The van der Waals surface area contributed by atoms with Crippen LogP contribution in [0.3, 0.4) is 0 Å². The molecule has 4 rings (SSSR count). The zero-order valence-electron chi connectivity index (χ0n) is 19.2. The average Bonchev–Trinajstić information content (AvgIpc) is 3.35. The van der Waals surface area contributed by atoms with Crippen LogP contribution in [0.5, 0.6) is 0 Å². The third-order valence-electron chi connectivity index (χ3n) is 7.30. The summed E-state index contributed by atoms with van der Waals surface area (Å²) in [7, 11) is -2.18. The molecule has 0 fully saturated rings. The van der Waals surface area contributed by atoms with Crippen LogP contribution in [-0.2, 0) is 0 Å². The molecule has 2 aliphatic rings. The number of benzene rings is 2. The maximum absolute atomic E-state index is 2.48. The third-order valence-corrected chi connectivity index (χ3v) is 15.7. The van der Waals surface area contributed by atoms with Crippen LogP contribution in [0.2, 0.25) is 37.8 Å². The average molecular weight is 419 g/mol. The molecule has 2 aromatic carbocycles. The van der Waals surface area contributed by atoms with Gasteiger partial charge in [0, 0.05) is 0 Å². The highest BCUT2D eigenvalue weighted by molar-refractivity contribution is 6.81. The molecule has 0 saturated carbocycles. The minimum Gasteiger partial charge on any atom is -0.0791 e. The Labute approximate surface area is 180 Å². The van der Waals surface area contributed by atoms with E-state index in [4.69, 9.17) is 0 Å². The molecule has 0 nitrogen and oxygen atoms in total. The van der Waals surface area contributed by atoms with Gasteiger partial charge in [0.25, 0.3) is 0 Å². The lowest BCUT2D eigenvalue weighted by Crippen LogP contribution is -2.38. The van der Waals surface area contributed by atoms with Crippen LogP contribution in [0.4, 0.5) is 0 Å². The summed E-state index contributed by atoms with van der Waals surface area (Å²) in [5, 5.41) is 0. The first-order valence-electron chi connectivity index (χ1n) is 11.4. The van der Waals surface area contributed by atoms with Crippen LogP contribution < -0.4 is 0 Å². The van der Waals surface area contributed by atoms with Gasteiger partial charge in [0.15, 0.2) is 0 Å². The Bertz CT molecular complexity index is 873. The maximum atomic E-state index is 2.48. The summed E-state index contributed by atoms with van der Waals surface area (Å²) >= 11 is 0. The van der Waals surface area contributed by atoms with Crippen LogP contribution in [0.25, 0.3) is 12.2 Å². The highest BCUT2D eigenvalue weighted by atomic mass is 28.3. The predicted molar refractivity (Wildman–Crippen MR) is 137 cm³/mol. The number of fused-ring (bicyclic) bond motifs is 2. The van der Waals surface area contributed by atoms with Gasteiger partial charge < -0.3 is 0 Å². The number of rotatable bonds is 5. The van der Waals surface area contributed by atoms with Crippen molar-refractivity contribution < 1.29 is 0 Å². The van der Waals surface area contributed by atoms with Gasteiger partial charge in [-0.3, -0.25) is 0 Å². The molecule has 2 aromatic rings. The minimum atomic E-state index is -1.12. The van der Waals surface area contributed by atoms with Crippen molar-refractivity contribution in [3.05, 3.63) is 82.9 Å². The Hall–Kier alpha value is -1.65. The van der Waals surface area contributed by atoms with E-state index in [0.717, 1.165) is 11.1 Å². The minimum absolute atomic E-state index is 0.726. The van der Waals surface area contributed by atoms with Crippen LogP contribution in [0, 0.1) is 0 Å². The van der Waals surface area contributed by atoms with E-state index >= 15 is 0 Å². The zero-order chi connectivity index (χ0) is 21.1. The van der Waals surface area contributed by atoms with Crippen molar-refractivity contribution >= 4 is 28.3 Å². The van der Waals surface area contributed by atoms with Gasteiger partial charge >= 0.3 is 0 Å². The first-order chi connectivity index (χ1) is 13.9. The van der Waals surface area contributed by atoms with Gasteiger partial charge in [0.05, 0.1) is 16.1 Å². The van der Waals surface area contributed by atoms with Crippen molar-refractivity contribution in [2.75, 3.05) is 0 Å². The predicted octanol–water partition coefficient (Wildman–Crippen LogP) is 8.52. The van der Waals surface area contributed by atoms with Crippen molar-refractivity contribution in [1.29, 1.82) is 0 Å². The molecule has 0 spiro atoms. The second kappa shape index (κ2) is 9.01. The van der Waals surface area contributed by atoms with E-state index in [0.29, 0.717) is 0 Å². The second-order valence-corrected chi connectivity index (χ2v) is 20.5. The lowest BCUT2D eigenvalue weighted by Gasteiger charge is -2.34. The van der Waals surface area contributed by atoms with Gasteiger partial charge in [-0.25, -0.2) is 0 Å². The molecule has 2 unspecified atom stereocenters. The third kappa shape index (κ3) is 4.44. The molecule has 0 radical (unpaired) electrons. The highest BCUT2D eigenvalue weighted by Gasteiger charge is 2.38. The van der Waals surface area contributed by atoms with E-state index in [1.165, 1.54) is 29.3 Å². The smallest absolute Gasteiger partial charge is 0.0649 e. The normalized spacial score (nSPS) is 19.5. The monoisotopic (exact) mass is 418 g/mol. The van der Waals surface area contributed by atoms with Crippen molar-refractivity contribution in [3.63, 3.8) is 0 Å². The van der Waals surface area contributed by atoms with E-state index in [9.17, 15) is 0 Å². The molecule has 0 amide bonds. The SMILES string of the molecule is CC[Si](CC)(CC)C1C=Cc2ccccc21.C[Si](C)(C)C1C=Cc2ccccc21. The summed E-state index contributed by atoms with van der Waals surface area (Å²) in [5.41, 5.74) is 7.52. The molecule has 0 saturated heterocycles. The molecule has 0 N–H and O–H groups in total. The second-order valence-electron chi connectivity index (χ2n) is 9.72. The van der Waals surface area contributed by atoms with Gasteiger partial charge in [0.2, 0.25) is 0 Å². The molecule has 29 heavy (non-hydrogen) atoms. The molecule has 154 valence electrons. The molecule has 2 heteroatoms. The van der Waals surface area contributed by atoms with Gasteiger partial charge in [0.1, 0.15) is 0 Å². The van der Waals surface area contributed by atoms with Crippen molar-refractivity contribution in [1.82, 2.24) is 0 Å². The lowest BCUT2D eigenvalue weighted by molar-refractivity contribution is 1.03. The van der Waals surface area contributed by atoms with Crippen LogP contribution >= 0.6 is 0 Å². The van der Waals surface area contributed by atoms with Crippen molar-refractivity contribution in [2.24, 2.45) is 0 Å². The molecule has 0 bridgehead atoms. The van der Waals surface area contributed by atoms with Gasteiger partial charge in [-0.2, -0.15) is 0 Å². The molecular weight excluding hydrogens is 380 g/mol. The van der Waals surface area contributed by atoms with Gasteiger partial charge in [-0.15, -0.1) is 0 Å². The van der Waals surface area contributed by atoms with Crippen LogP contribution in [-0.4, -0.2) is 16.1 Å². The van der Waals surface area contributed by atoms with Crippen LogP contribution in [0.15, 0.2) is 60.7 Å². The first kappa shape index (κ1) is 22.0. The summed E-state index contributed by atoms with van der Waals surface area (Å²) in [6.07, 6.45) is 9.48. The Morgan fingerprint density at radius 2 is 1.03 bits per heavy atom. The summed E-state index contributed by atoms with van der Waals surface area (Å²) in [4.78, 5) is 0. The van der Waals surface area contributed by atoms with Gasteiger partial charge in [-0.05, 0) is 33.3 Å². The first-order valence-corrected chi connectivity index (χ1v) is 17.7. The standard InChI is InChI=1S/C15H22Si.C12H16Si/c1-4-16(5-2,6-3)15-12-11-13-9-7-8-10-14(13)15;1-13(2,3)12-9-8-10-6-4-5-7-11(10)12/h7-12,15H,4-6H2,1-3H3;4-9,12H,1-3H3. The van der Waals surface area contributed by atoms with Crippen molar-refractivity contribution in [3.8, 4) is 0 Å². The molecule has 0 aliphatic heterocycles. The Balaban J connectivity index is 0.000000169. The lowest BCUT2D eigenvalue weighted by atomic mass is 10.1. The molecule has 0 aromatic heterocycles. The molecule has 0 heterocycles. The Kier molecular flexibility index (Phi) is 6.85. The van der Waals surface area contributed by atoms with E-state index in [1.54, 1.807) is 11.1 Å². The number of hydrogen-bond donors (Lipinski definition) is 0. The highest BCUT2D eigenvalue weighted by Crippen LogP contribution is 2.42. The summed E-state index contributed by atoms with van der Waals surface area (Å²) in [6.45, 7) is 14.5. The molecule has 2 aliphatic carbocycles. The Morgan fingerprint density at radius 3 is 1.48 bits per heavy atom. The van der Waals surface area contributed by atoms with E-state index < -0.39 is 16.1 Å². The zero-order valence-corrected chi connectivity index (χ0v) is 21.2. The quantitative estimate of drug-likeness (QED) is 0.427. The Morgan fingerprint density at radius 1 is 0.621 bits per heavy atom. The fraction of sp³-hybridized carbons (Fsp3) is 0.407. The summed E-state index contributed by atoms with van der Waals surface area (Å²) < 4.78 is 0. The molecule has 2 atom stereocenters. The largest absolute Gasteiger partial charge is 0.0791 e. The summed E-state index contributed by atoms with van der Waals surface area (Å²) in [6, 6.07) is 21.9. The van der Waals surface area contributed by atoms with E-state index in [2.05, 4.69) is 113 Å². The van der Waals surface area contributed by atoms with Crippen molar-refractivity contribution in [2.45, 2.75) is 69.6 Å². The van der Waals surface area contributed by atoms with E-state index in [-0.39, 0.29) is 0 Å². The number of hydrogen-bond acceptors (Lipinski definition) is 0. The fourth-order valence-electron chi connectivity index (χ4n) is 5.20. The van der Waals surface area contributed by atoms with E-state index in [1.807, 2.05) is 0 Å². The number of allylic oxidation sites excluding steroid dienone is 2. The fourth-order valence-corrected chi connectivity index (χ4v) is 11.3. The molecular formula is C27H38Si2. The maximum Gasteiger partial charge on any atom is 0.0649 e.